The molecule has 1 aromatic heterocycles. The zero-order valence-corrected chi connectivity index (χ0v) is 13.5. The van der Waals surface area contributed by atoms with E-state index in [2.05, 4.69) is 14.3 Å². The molecule has 2 saturated heterocycles. The van der Waals surface area contributed by atoms with E-state index in [0.29, 0.717) is 17.4 Å². The number of likely N-dealkylation sites (tertiary alicyclic amines) is 2. The zero-order valence-electron chi connectivity index (χ0n) is 12.6. The number of rotatable bonds is 2. The molecule has 1 aromatic rings. The fourth-order valence-electron chi connectivity index (χ4n) is 4.50. The van der Waals surface area contributed by atoms with Gasteiger partial charge < -0.3 is 14.9 Å². The topological polar surface area (TPSA) is 69.6 Å². The van der Waals surface area contributed by atoms with Crippen LogP contribution in [0.15, 0.2) is 6.33 Å². The highest BCUT2D eigenvalue weighted by atomic mass is 32.1. The number of hydrogen-bond acceptors (Lipinski definition) is 5. The first-order chi connectivity index (χ1) is 10.7. The zero-order chi connectivity index (χ0) is 15.2. The average Bonchev–Trinajstić information content (AvgIpc) is 3.15. The molecule has 1 saturated carbocycles. The maximum atomic E-state index is 11.1. The van der Waals surface area contributed by atoms with Gasteiger partial charge in [0.25, 0.3) is 0 Å². The van der Waals surface area contributed by atoms with Gasteiger partial charge in [0.1, 0.15) is 11.3 Å². The standard InChI is InChI=1S/C15H22N4O2S/c20-14(21)19-6-3-15(9-19)7-12(8-15)18-4-1-11(2-5-18)13-16-10-17-22-13/h10-12H,1-9H2,(H,20,21). The van der Waals surface area contributed by atoms with E-state index in [9.17, 15) is 4.79 Å². The monoisotopic (exact) mass is 322 g/mol. The van der Waals surface area contributed by atoms with Gasteiger partial charge >= 0.3 is 6.09 Å². The molecule has 1 aliphatic carbocycles. The quantitative estimate of drug-likeness (QED) is 0.904. The Bertz CT molecular complexity index is 536. The largest absolute Gasteiger partial charge is 0.465 e. The number of hydrogen-bond donors (Lipinski definition) is 1. The predicted molar refractivity (Wildman–Crippen MR) is 83.1 cm³/mol. The van der Waals surface area contributed by atoms with Gasteiger partial charge in [0.2, 0.25) is 0 Å². The lowest BCUT2D eigenvalue weighted by Crippen LogP contribution is -2.54. The van der Waals surface area contributed by atoms with E-state index in [1.54, 1.807) is 11.2 Å². The van der Waals surface area contributed by atoms with Gasteiger partial charge in [-0.2, -0.15) is 4.37 Å². The van der Waals surface area contributed by atoms with E-state index in [0.717, 1.165) is 32.6 Å². The molecule has 0 atom stereocenters. The fourth-order valence-corrected chi connectivity index (χ4v) is 5.18. The Morgan fingerprint density at radius 1 is 1.32 bits per heavy atom. The van der Waals surface area contributed by atoms with E-state index in [-0.39, 0.29) is 0 Å². The van der Waals surface area contributed by atoms with Gasteiger partial charge in [-0.1, -0.05) is 0 Å². The van der Waals surface area contributed by atoms with Gasteiger partial charge in [-0.15, -0.1) is 0 Å². The lowest BCUT2D eigenvalue weighted by atomic mass is 9.64. The highest BCUT2D eigenvalue weighted by Gasteiger charge is 2.51. The molecule has 6 nitrogen and oxygen atoms in total. The minimum Gasteiger partial charge on any atom is -0.465 e. The van der Waals surface area contributed by atoms with E-state index in [1.165, 1.54) is 42.2 Å². The number of aromatic nitrogens is 2. The van der Waals surface area contributed by atoms with Crippen molar-refractivity contribution in [2.24, 2.45) is 5.41 Å². The summed E-state index contributed by atoms with van der Waals surface area (Å²) < 4.78 is 4.11. The molecule has 3 heterocycles. The molecular formula is C15H22N4O2S. The Morgan fingerprint density at radius 2 is 2.09 bits per heavy atom. The Hall–Kier alpha value is -1.21. The Morgan fingerprint density at radius 3 is 2.68 bits per heavy atom. The molecule has 0 radical (unpaired) electrons. The molecule has 1 spiro atoms. The van der Waals surface area contributed by atoms with Crippen molar-refractivity contribution >= 4 is 17.6 Å². The molecule has 3 fully saturated rings. The van der Waals surface area contributed by atoms with Gasteiger partial charge in [0, 0.05) is 25.0 Å². The lowest BCUT2D eigenvalue weighted by molar-refractivity contribution is -0.00385. The maximum absolute atomic E-state index is 11.1. The summed E-state index contributed by atoms with van der Waals surface area (Å²) in [7, 11) is 0. The summed E-state index contributed by atoms with van der Waals surface area (Å²) in [5.41, 5.74) is 0.291. The van der Waals surface area contributed by atoms with E-state index in [4.69, 9.17) is 5.11 Å². The molecule has 7 heteroatoms. The van der Waals surface area contributed by atoms with Crippen LogP contribution >= 0.6 is 11.5 Å². The number of nitrogens with zero attached hydrogens (tertiary/aromatic N) is 4. The molecule has 2 aliphatic heterocycles. The van der Waals surface area contributed by atoms with Gasteiger partial charge in [0.05, 0.1) is 0 Å². The molecule has 3 aliphatic rings. The first-order valence-corrected chi connectivity index (χ1v) is 8.91. The molecule has 1 N–H and O–H groups in total. The molecule has 120 valence electrons. The van der Waals surface area contributed by atoms with E-state index in [1.807, 2.05) is 0 Å². The van der Waals surface area contributed by atoms with Gasteiger partial charge in [-0.3, -0.25) is 0 Å². The molecule has 0 unspecified atom stereocenters. The van der Waals surface area contributed by atoms with Gasteiger partial charge in [0.15, 0.2) is 0 Å². The van der Waals surface area contributed by atoms with Gasteiger partial charge in [-0.05, 0) is 62.1 Å². The molecule has 0 bridgehead atoms. The number of carboxylic acid groups (broad SMARTS) is 1. The average molecular weight is 322 g/mol. The van der Waals surface area contributed by atoms with Crippen LogP contribution in [0, 0.1) is 5.41 Å². The Labute approximate surface area is 134 Å². The summed E-state index contributed by atoms with van der Waals surface area (Å²) in [4.78, 5) is 19.6. The highest BCUT2D eigenvalue weighted by molar-refractivity contribution is 7.05. The molecule has 4 rings (SSSR count). The minimum absolute atomic E-state index is 0.291. The van der Waals surface area contributed by atoms with Crippen LogP contribution in [0.2, 0.25) is 0 Å². The smallest absolute Gasteiger partial charge is 0.407 e. The van der Waals surface area contributed by atoms with Crippen LogP contribution in [-0.2, 0) is 0 Å². The van der Waals surface area contributed by atoms with Crippen molar-refractivity contribution in [2.75, 3.05) is 26.2 Å². The van der Waals surface area contributed by atoms with Crippen LogP contribution in [0.5, 0.6) is 0 Å². The van der Waals surface area contributed by atoms with Crippen LogP contribution in [0.1, 0.15) is 43.0 Å². The second-order valence-corrected chi connectivity index (χ2v) is 7.92. The van der Waals surface area contributed by atoms with Gasteiger partial charge in [-0.25, -0.2) is 9.78 Å². The summed E-state index contributed by atoms with van der Waals surface area (Å²) in [5.74, 6) is 0.590. The highest BCUT2D eigenvalue weighted by Crippen LogP contribution is 2.50. The first-order valence-electron chi connectivity index (χ1n) is 8.14. The summed E-state index contributed by atoms with van der Waals surface area (Å²) in [5, 5.41) is 10.3. The second-order valence-electron chi connectivity index (χ2n) is 7.11. The van der Waals surface area contributed by atoms with Crippen molar-refractivity contribution in [3.63, 3.8) is 0 Å². The van der Waals surface area contributed by atoms with Crippen molar-refractivity contribution in [1.82, 2.24) is 19.2 Å². The van der Waals surface area contributed by atoms with Crippen molar-refractivity contribution in [3.05, 3.63) is 11.3 Å². The fraction of sp³-hybridized carbons (Fsp3) is 0.800. The predicted octanol–water partition coefficient (Wildman–Crippen LogP) is 2.25. The van der Waals surface area contributed by atoms with Crippen molar-refractivity contribution in [3.8, 4) is 0 Å². The summed E-state index contributed by atoms with van der Waals surface area (Å²) in [6.45, 7) is 3.77. The summed E-state index contributed by atoms with van der Waals surface area (Å²) in [6.07, 6.45) is 6.69. The third kappa shape index (κ3) is 2.50. The van der Waals surface area contributed by atoms with Crippen LogP contribution in [0.3, 0.4) is 0 Å². The minimum atomic E-state index is -0.752. The second kappa shape index (κ2) is 5.45. The third-order valence-corrected chi connectivity index (χ3v) is 6.65. The molecular weight excluding hydrogens is 300 g/mol. The Kier molecular flexibility index (Phi) is 3.57. The molecule has 0 aromatic carbocycles. The van der Waals surface area contributed by atoms with E-state index >= 15 is 0 Å². The lowest BCUT2D eigenvalue weighted by Gasteiger charge is -2.51. The number of carbonyl (C=O) groups is 1. The van der Waals surface area contributed by atoms with Crippen LogP contribution in [0.25, 0.3) is 0 Å². The molecule has 1 amide bonds. The van der Waals surface area contributed by atoms with Crippen LogP contribution in [-0.4, -0.2) is 62.6 Å². The maximum Gasteiger partial charge on any atom is 0.407 e. The Balaban J connectivity index is 1.27. The normalized spacial score (nSPS) is 33.3. The third-order valence-electron chi connectivity index (χ3n) is 5.82. The van der Waals surface area contributed by atoms with Crippen LogP contribution < -0.4 is 0 Å². The number of amides is 1. The molecule has 22 heavy (non-hydrogen) atoms. The summed E-state index contributed by atoms with van der Waals surface area (Å²) in [6, 6.07) is 0.670. The number of piperidine rings is 1. The summed E-state index contributed by atoms with van der Waals surface area (Å²) >= 11 is 1.54. The first kappa shape index (κ1) is 14.4. The van der Waals surface area contributed by atoms with Crippen LogP contribution in [0.4, 0.5) is 4.79 Å². The van der Waals surface area contributed by atoms with Crippen molar-refractivity contribution in [1.29, 1.82) is 0 Å². The van der Waals surface area contributed by atoms with E-state index < -0.39 is 6.09 Å². The van der Waals surface area contributed by atoms with Crippen molar-refractivity contribution < 1.29 is 9.90 Å². The SMILES string of the molecule is O=C(O)N1CCC2(CC(N3CCC(c4ncns4)CC3)C2)C1. The van der Waals surface area contributed by atoms with Crippen molar-refractivity contribution in [2.45, 2.75) is 44.1 Å².